The first-order chi connectivity index (χ1) is 6.13. The Bertz CT molecular complexity index is 355. The van der Waals surface area contributed by atoms with Crippen LogP contribution in [0.5, 0.6) is 0 Å². The molecule has 1 aromatic heterocycles. The van der Waals surface area contributed by atoms with Gasteiger partial charge in [-0.15, -0.1) is 0 Å². The molecule has 0 fully saturated rings. The molecule has 0 aromatic carbocycles. The molecule has 1 aromatic rings. The number of imidazole rings is 1. The molecule has 0 radical (unpaired) electrons. The van der Waals surface area contributed by atoms with Crippen molar-refractivity contribution in [1.82, 2.24) is 9.55 Å². The van der Waals surface area contributed by atoms with Gasteiger partial charge < -0.3 is 10.7 Å². The van der Waals surface area contributed by atoms with Crippen LogP contribution in [-0.2, 0) is 17.8 Å². The lowest BCUT2D eigenvalue weighted by Gasteiger charge is -1.92. The maximum atomic E-state index is 11.9. The summed E-state index contributed by atoms with van der Waals surface area (Å²) in [5.74, 6) is -0.534. The van der Waals surface area contributed by atoms with Gasteiger partial charge in [0.1, 0.15) is 6.67 Å². The van der Waals surface area contributed by atoms with E-state index < -0.39 is 18.3 Å². The fourth-order valence-corrected chi connectivity index (χ4v) is 1.02. The monoisotopic (exact) mass is 187 g/mol. The first-order valence-corrected chi connectivity index (χ1v) is 3.76. The van der Waals surface area contributed by atoms with E-state index >= 15 is 0 Å². The lowest BCUT2D eigenvalue weighted by atomic mass is 10.3. The summed E-state index contributed by atoms with van der Waals surface area (Å²) in [7, 11) is 0. The zero-order chi connectivity index (χ0) is 9.84. The van der Waals surface area contributed by atoms with Crippen molar-refractivity contribution in [2.45, 2.75) is 13.0 Å². The van der Waals surface area contributed by atoms with Crippen LogP contribution in [0.2, 0.25) is 0 Å². The van der Waals surface area contributed by atoms with Gasteiger partial charge in [-0.2, -0.15) is 0 Å². The van der Waals surface area contributed by atoms with Crippen molar-refractivity contribution in [1.29, 1.82) is 0 Å². The van der Waals surface area contributed by atoms with Gasteiger partial charge in [0.25, 0.3) is 0 Å². The number of carbonyl (C=O) groups excluding carboxylic acids is 1. The number of alkyl halides is 1. The number of H-pyrrole nitrogens is 1. The van der Waals surface area contributed by atoms with E-state index in [1.165, 1.54) is 6.20 Å². The molecule has 3 N–H and O–H groups in total. The molecule has 0 unspecified atom stereocenters. The van der Waals surface area contributed by atoms with E-state index in [2.05, 4.69) is 4.98 Å². The fourth-order valence-electron chi connectivity index (χ4n) is 1.02. The molecule has 0 spiro atoms. The smallest absolute Gasteiger partial charge is 0.325 e. The standard InChI is InChI=1S/C7H10FN3O2/c8-1-2-11-4-5(3-6(9)12)10-7(11)13/h4H,1-3H2,(H2,9,12)(H,10,13). The SMILES string of the molecule is NC(=O)Cc1cn(CCF)c(=O)[nH]1. The van der Waals surface area contributed by atoms with Gasteiger partial charge in [0.15, 0.2) is 0 Å². The van der Waals surface area contributed by atoms with Crippen molar-refractivity contribution in [2.24, 2.45) is 5.73 Å². The molecule has 0 aliphatic rings. The molecule has 0 bridgehead atoms. The number of rotatable bonds is 4. The predicted molar refractivity (Wildman–Crippen MR) is 43.9 cm³/mol. The number of aromatic amines is 1. The Hall–Kier alpha value is -1.59. The number of nitrogens with one attached hydrogen (secondary N) is 1. The van der Waals surface area contributed by atoms with E-state index in [0.29, 0.717) is 5.69 Å². The van der Waals surface area contributed by atoms with Crippen LogP contribution in [0.3, 0.4) is 0 Å². The normalized spacial score (nSPS) is 10.2. The maximum Gasteiger partial charge on any atom is 0.325 e. The minimum atomic E-state index is -0.617. The molecular formula is C7H10FN3O2. The number of halogens is 1. The molecule has 0 aliphatic heterocycles. The number of hydrogen-bond acceptors (Lipinski definition) is 2. The second-order valence-corrected chi connectivity index (χ2v) is 2.61. The number of aromatic nitrogens is 2. The summed E-state index contributed by atoms with van der Waals surface area (Å²) in [4.78, 5) is 23.9. The van der Waals surface area contributed by atoms with E-state index in [1.807, 2.05) is 0 Å². The molecule has 6 heteroatoms. The maximum absolute atomic E-state index is 11.9. The summed E-state index contributed by atoms with van der Waals surface area (Å²) in [5.41, 5.74) is 4.90. The summed E-state index contributed by atoms with van der Waals surface area (Å²) < 4.78 is 13.0. The highest BCUT2D eigenvalue weighted by Crippen LogP contribution is 1.92. The number of nitrogens with zero attached hydrogens (tertiary/aromatic N) is 1. The van der Waals surface area contributed by atoms with E-state index in [9.17, 15) is 14.0 Å². The zero-order valence-electron chi connectivity index (χ0n) is 6.92. The zero-order valence-corrected chi connectivity index (χ0v) is 6.92. The minimum Gasteiger partial charge on any atom is -0.369 e. The average Bonchev–Trinajstić information content (AvgIpc) is 2.31. The Balaban J connectivity index is 2.82. The Kier molecular flexibility index (Phi) is 2.84. The molecule has 1 heterocycles. The molecule has 0 saturated heterocycles. The molecule has 0 atom stereocenters. The van der Waals surface area contributed by atoms with Gasteiger partial charge in [-0.3, -0.25) is 9.36 Å². The molecule has 1 amide bonds. The fraction of sp³-hybridized carbons (Fsp3) is 0.429. The van der Waals surface area contributed by atoms with Crippen LogP contribution in [0.15, 0.2) is 11.0 Å². The van der Waals surface area contributed by atoms with Crippen molar-refractivity contribution in [3.63, 3.8) is 0 Å². The molecule has 5 nitrogen and oxygen atoms in total. The van der Waals surface area contributed by atoms with E-state index in [4.69, 9.17) is 5.73 Å². The van der Waals surface area contributed by atoms with E-state index in [1.54, 1.807) is 0 Å². The van der Waals surface area contributed by atoms with Gasteiger partial charge in [-0.05, 0) is 0 Å². The third kappa shape index (κ3) is 2.43. The van der Waals surface area contributed by atoms with Gasteiger partial charge >= 0.3 is 5.69 Å². The van der Waals surface area contributed by atoms with Gasteiger partial charge in [-0.1, -0.05) is 0 Å². The summed E-state index contributed by atoms with van der Waals surface area (Å²) in [6, 6.07) is 0. The van der Waals surface area contributed by atoms with Crippen molar-refractivity contribution in [2.75, 3.05) is 6.67 Å². The molecule has 13 heavy (non-hydrogen) atoms. The predicted octanol–water partition coefficient (Wildman–Crippen LogP) is -0.826. The number of carbonyl (C=O) groups is 1. The Labute approximate surface area is 73.4 Å². The number of hydrogen-bond donors (Lipinski definition) is 2. The number of nitrogens with two attached hydrogens (primary N) is 1. The summed E-state index contributed by atoms with van der Waals surface area (Å²) in [6.07, 6.45) is 1.36. The highest BCUT2D eigenvalue weighted by Gasteiger charge is 2.04. The minimum absolute atomic E-state index is 0.00586. The highest BCUT2D eigenvalue weighted by atomic mass is 19.1. The van der Waals surface area contributed by atoms with Crippen molar-refractivity contribution in [3.05, 3.63) is 22.4 Å². The lowest BCUT2D eigenvalue weighted by Crippen LogP contribution is -2.17. The lowest BCUT2D eigenvalue weighted by molar-refractivity contribution is -0.117. The molecule has 0 saturated carbocycles. The number of aryl methyl sites for hydroxylation is 1. The second-order valence-electron chi connectivity index (χ2n) is 2.61. The highest BCUT2D eigenvalue weighted by molar-refractivity contribution is 5.75. The van der Waals surface area contributed by atoms with Gasteiger partial charge in [-0.25, -0.2) is 9.18 Å². The Morgan fingerprint density at radius 1 is 1.69 bits per heavy atom. The van der Waals surface area contributed by atoms with Crippen LogP contribution in [0.1, 0.15) is 5.69 Å². The van der Waals surface area contributed by atoms with Crippen molar-refractivity contribution < 1.29 is 9.18 Å². The first-order valence-electron chi connectivity index (χ1n) is 3.76. The molecule has 1 rings (SSSR count). The first kappa shape index (κ1) is 9.50. The van der Waals surface area contributed by atoms with Gasteiger partial charge in [0.05, 0.1) is 13.0 Å². The topological polar surface area (TPSA) is 80.9 Å². The Morgan fingerprint density at radius 3 is 2.92 bits per heavy atom. The second kappa shape index (κ2) is 3.88. The van der Waals surface area contributed by atoms with Crippen LogP contribution in [-0.4, -0.2) is 22.1 Å². The number of primary amides is 1. The van der Waals surface area contributed by atoms with Crippen LogP contribution < -0.4 is 11.4 Å². The summed E-state index contributed by atoms with van der Waals surface area (Å²) in [6.45, 7) is -0.623. The molecule has 0 aliphatic carbocycles. The molecular weight excluding hydrogens is 177 g/mol. The van der Waals surface area contributed by atoms with Crippen LogP contribution >= 0.6 is 0 Å². The number of amides is 1. The van der Waals surface area contributed by atoms with Crippen molar-refractivity contribution in [3.8, 4) is 0 Å². The largest absolute Gasteiger partial charge is 0.369 e. The summed E-state index contributed by atoms with van der Waals surface area (Å²) >= 11 is 0. The third-order valence-electron chi connectivity index (χ3n) is 1.53. The van der Waals surface area contributed by atoms with Crippen LogP contribution in [0, 0.1) is 0 Å². The van der Waals surface area contributed by atoms with Gasteiger partial charge in [0.2, 0.25) is 5.91 Å². The average molecular weight is 187 g/mol. The van der Waals surface area contributed by atoms with Crippen LogP contribution in [0.4, 0.5) is 4.39 Å². The quantitative estimate of drug-likeness (QED) is 0.645. The van der Waals surface area contributed by atoms with Crippen molar-refractivity contribution >= 4 is 5.91 Å². The molecule has 72 valence electrons. The summed E-state index contributed by atoms with van der Waals surface area (Å²) in [5, 5.41) is 0. The third-order valence-corrected chi connectivity index (χ3v) is 1.53. The van der Waals surface area contributed by atoms with E-state index in [-0.39, 0.29) is 13.0 Å². The van der Waals surface area contributed by atoms with E-state index in [0.717, 1.165) is 4.57 Å². The van der Waals surface area contributed by atoms with Crippen LogP contribution in [0.25, 0.3) is 0 Å². The Morgan fingerprint density at radius 2 is 2.38 bits per heavy atom. The van der Waals surface area contributed by atoms with Gasteiger partial charge in [0, 0.05) is 11.9 Å².